The summed E-state index contributed by atoms with van der Waals surface area (Å²) in [6, 6.07) is -0.762. The van der Waals surface area contributed by atoms with Crippen molar-refractivity contribution in [3.05, 3.63) is 12.4 Å². The van der Waals surface area contributed by atoms with Crippen molar-refractivity contribution < 1.29 is 14.7 Å². The maximum Gasteiger partial charge on any atom is 0.259 e. The minimum absolute atomic E-state index is 0.189. The highest BCUT2D eigenvalue weighted by Crippen LogP contribution is 2.11. The first-order valence-corrected chi connectivity index (χ1v) is 5.08. The minimum Gasteiger partial charge on any atom is -0.384 e. The number of nitrogens with two attached hydrogens (primary N) is 1. The van der Waals surface area contributed by atoms with E-state index in [0.29, 0.717) is 0 Å². The van der Waals surface area contributed by atoms with Gasteiger partial charge in [-0.2, -0.15) is 0 Å². The predicted molar refractivity (Wildman–Crippen MR) is 58.1 cm³/mol. The number of rotatable bonds is 1. The fourth-order valence-electron chi connectivity index (χ4n) is 1.68. The minimum atomic E-state index is -1.22. The van der Waals surface area contributed by atoms with Gasteiger partial charge in [-0.3, -0.25) is 20.2 Å². The molecular formula is C9H13N5O3. The van der Waals surface area contributed by atoms with Crippen molar-refractivity contribution >= 4 is 17.6 Å². The summed E-state index contributed by atoms with van der Waals surface area (Å²) >= 11 is 0. The number of fused-ring (bicyclic) bond motifs is 1. The highest BCUT2D eigenvalue weighted by Gasteiger charge is 2.41. The van der Waals surface area contributed by atoms with Crippen molar-refractivity contribution in [3.63, 3.8) is 0 Å². The molecule has 0 aromatic carbocycles. The van der Waals surface area contributed by atoms with Crippen molar-refractivity contribution in [3.8, 4) is 0 Å². The van der Waals surface area contributed by atoms with Crippen LogP contribution in [0.5, 0.6) is 0 Å². The highest BCUT2D eigenvalue weighted by molar-refractivity contribution is 6.15. The Labute approximate surface area is 97.2 Å². The van der Waals surface area contributed by atoms with Crippen LogP contribution >= 0.6 is 0 Å². The summed E-state index contributed by atoms with van der Waals surface area (Å²) in [7, 11) is 0. The molecule has 0 spiro atoms. The Kier molecular flexibility index (Phi) is 2.82. The summed E-state index contributed by atoms with van der Waals surface area (Å²) in [4.78, 5) is 28.4. The molecular weight excluding hydrogens is 226 g/mol. The maximum absolute atomic E-state index is 11.8. The van der Waals surface area contributed by atoms with Gasteiger partial charge in [-0.15, -0.1) is 0 Å². The van der Waals surface area contributed by atoms with Crippen LogP contribution in [-0.2, 0) is 9.59 Å². The SMILES string of the molecule is CC(O)C(=O)N1C2=NC=CNC2C(=O)NC1N. The van der Waals surface area contributed by atoms with Crippen molar-refractivity contribution in [1.29, 1.82) is 0 Å². The second kappa shape index (κ2) is 4.15. The van der Waals surface area contributed by atoms with E-state index in [1.54, 1.807) is 0 Å². The van der Waals surface area contributed by atoms with Crippen molar-refractivity contribution in [1.82, 2.24) is 15.5 Å². The molecule has 1 fully saturated rings. The van der Waals surface area contributed by atoms with Crippen LogP contribution in [0.25, 0.3) is 0 Å². The molecule has 0 saturated carbocycles. The number of nitrogens with one attached hydrogen (secondary N) is 2. The van der Waals surface area contributed by atoms with Gasteiger partial charge in [0.25, 0.3) is 11.8 Å². The lowest BCUT2D eigenvalue weighted by Crippen LogP contribution is -2.71. The lowest BCUT2D eigenvalue weighted by molar-refractivity contribution is -0.140. The second-order valence-electron chi connectivity index (χ2n) is 3.74. The lowest BCUT2D eigenvalue weighted by atomic mass is 10.1. The van der Waals surface area contributed by atoms with Gasteiger partial charge >= 0.3 is 0 Å². The number of aliphatic hydroxyl groups is 1. The van der Waals surface area contributed by atoms with E-state index in [4.69, 9.17) is 5.73 Å². The number of carbonyl (C=O) groups excluding carboxylic acids is 2. The first kappa shape index (κ1) is 11.6. The Morgan fingerprint density at radius 3 is 3.06 bits per heavy atom. The van der Waals surface area contributed by atoms with E-state index in [9.17, 15) is 14.7 Å². The van der Waals surface area contributed by atoms with E-state index in [2.05, 4.69) is 15.6 Å². The molecule has 2 aliphatic rings. The third-order valence-electron chi connectivity index (χ3n) is 2.47. The molecule has 3 unspecified atom stereocenters. The summed E-state index contributed by atoms with van der Waals surface area (Å²) in [5, 5.41) is 14.5. The van der Waals surface area contributed by atoms with Gasteiger partial charge in [0.05, 0.1) is 0 Å². The number of hydrogen-bond donors (Lipinski definition) is 4. The third-order valence-corrected chi connectivity index (χ3v) is 2.47. The monoisotopic (exact) mass is 239 g/mol. The average molecular weight is 239 g/mol. The Hall–Kier alpha value is -1.93. The van der Waals surface area contributed by atoms with E-state index >= 15 is 0 Å². The molecule has 2 heterocycles. The van der Waals surface area contributed by atoms with Crippen LogP contribution in [0.2, 0.25) is 0 Å². The van der Waals surface area contributed by atoms with E-state index in [1.165, 1.54) is 19.3 Å². The van der Waals surface area contributed by atoms with Gasteiger partial charge in [0, 0.05) is 12.4 Å². The maximum atomic E-state index is 11.8. The third kappa shape index (κ3) is 1.87. The molecule has 2 amide bonds. The van der Waals surface area contributed by atoms with E-state index in [0.717, 1.165) is 4.90 Å². The summed E-state index contributed by atoms with van der Waals surface area (Å²) in [6.07, 6.45) is 0.674. The van der Waals surface area contributed by atoms with Gasteiger partial charge in [0.15, 0.2) is 12.3 Å². The standard InChI is InChI=1S/C9H13N5O3/c1-4(15)8(17)14-6-5(11-2-3-12-6)7(16)13-9(14)10/h2-5,9,11,15H,10H2,1H3,(H,13,16). The quantitative estimate of drug-likeness (QED) is 0.400. The molecule has 1 saturated heterocycles. The molecule has 8 nitrogen and oxygen atoms in total. The van der Waals surface area contributed by atoms with Gasteiger partial charge in [-0.25, -0.2) is 4.99 Å². The number of hydrogen-bond acceptors (Lipinski definition) is 6. The van der Waals surface area contributed by atoms with E-state index in [-0.39, 0.29) is 11.7 Å². The molecule has 0 radical (unpaired) electrons. The Morgan fingerprint density at radius 2 is 2.41 bits per heavy atom. The molecule has 0 aromatic rings. The second-order valence-corrected chi connectivity index (χ2v) is 3.74. The fraction of sp³-hybridized carbons (Fsp3) is 0.444. The van der Waals surface area contributed by atoms with Gasteiger partial charge in [-0.05, 0) is 6.92 Å². The first-order chi connectivity index (χ1) is 8.02. The molecule has 3 atom stereocenters. The molecule has 17 heavy (non-hydrogen) atoms. The summed E-state index contributed by atoms with van der Waals surface area (Å²) < 4.78 is 0. The zero-order chi connectivity index (χ0) is 12.6. The van der Waals surface area contributed by atoms with Crippen LogP contribution in [0.4, 0.5) is 0 Å². The molecule has 0 aromatic heterocycles. The average Bonchev–Trinajstić information content (AvgIpc) is 2.28. The van der Waals surface area contributed by atoms with Gasteiger partial charge in [-0.1, -0.05) is 0 Å². The van der Waals surface area contributed by atoms with Crippen LogP contribution in [0.3, 0.4) is 0 Å². The van der Waals surface area contributed by atoms with E-state index in [1.807, 2.05) is 0 Å². The molecule has 8 heteroatoms. The van der Waals surface area contributed by atoms with Crippen molar-refractivity contribution in [2.75, 3.05) is 0 Å². The highest BCUT2D eigenvalue weighted by atomic mass is 16.3. The molecule has 0 aliphatic carbocycles. The molecule has 92 valence electrons. The number of amides is 2. The van der Waals surface area contributed by atoms with E-state index < -0.39 is 24.3 Å². The number of amidine groups is 1. The Morgan fingerprint density at radius 1 is 1.71 bits per heavy atom. The normalized spacial score (nSPS) is 28.8. The number of carbonyl (C=O) groups is 2. The van der Waals surface area contributed by atoms with Crippen LogP contribution in [0.15, 0.2) is 17.4 Å². The van der Waals surface area contributed by atoms with Crippen LogP contribution < -0.4 is 16.4 Å². The summed E-state index contributed by atoms with van der Waals surface area (Å²) in [6.45, 7) is 1.33. The summed E-state index contributed by atoms with van der Waals surface area (Å²) in [5.41, 5.74) is 5.64. The fourth-order valence-corrected chi connectivity index (χ4v) is 1.68. The molecule has 5 N–H and O–H groups in total. The molecule has 2 aliphatic heterocycles. The van der Waals surface area contributed by atoms with Gasteiger partial charge in [0.1, 0.15) is 11.9 Å². The number of aliphatic hydroxyl groups excluding tert-OH is 1. The zero-order valence-electron chi connectivity index (χ0n) is 9.12. The van der Waals surface area contributed by atoms with Crippen molar-refractivity contribution in [2.24, 2.45) is 10.7 Å². The molecule has 2 rings (SSSR count). The molecule has 0 bridgehead atoms. The van der Waals surface area contributed by atoms with Crippen LogP contribution in [-0.4, -0.2) is 46.1 Å². The Bertz CT molecular complexity index is 417. The predicted octanol–water partition coefficient (Wildman–Crippen LogP) is -2.59. The van der Waals surface area contributed by atoms with Crippen LogP contribution in [0.1, 0.15) is 6.92 Å². The van der Waals surface area contributed by atoms with Gasteiger partial charge in [0.2, 0.25) is 0 Å². The van der Waals surface area contributed by atoms with Crippen molar-refractivity contribution in [2.45, 2.75) is 25.4 Å². The Balaban J connectivity index is 2.35. The first-order valence-electron chi connectivity index (χ1n) is 5.08. The number of nitrogens with zero attached hydrogens (tertiary/aromatic N) is 2. The summed E-state index contributed by atoms with van der Waals surface area (Å²) in [5.74, 6) is -0.789. The largest absolute Gasteiger partial charge is 0.384 e. The zero-order valence-corrected chi connectivity index (χ0v) is 9.12. The lowest BCUT2D eigenvalue weighted by Gasteiger charge is -2.39. The smallest absolute Gasteiger partial charge is 0.259 e. The van der Waals surface area contributed by atoms with Gasteiger partial charge < -0.3 is 15.7 Å². The number of aliphatic imine (C=N–C) groups is 1. The topological polar surface area (TPSA) is 120 Å². The van der Waals surface area contributed by atoms with Crippen LogP contribution in [0, 0.1) is 0 Å².